The van der Waals surface area contributed by atoms with Gasteiger partial charge in [0, 0.05) is 16.3 Å². The molecule has 0 aliphatic rings. The standard InChI is InChI=1S/C17H18ClNO3S2/c1-2-12-3-5-13(6-4-12)19-16(20)9-22-17(21)11-23-10-14-7-8-15(18)24-14/h3-8H,2,9-11H2,1H3,(H,19,20). The predicted octanol–water partition coefficient (Wildman–Crippen LogP) is 4.38. The molecule has 2 rings (SSSR count). The third kappa shape index (κ3) is 6.55. The van der Waals surface area contributed by atoms with E-state index in [2.05, 4.69) is 12.2 Å². The maximum atomic E-state index is 11.8. The number of amides is 1. The summed E-state index contributed by atoms with van der Waals surface area (Å²) >= 11 is 8.77. The molecule has 0 saturated carbocycles. The molecular formula is C17H18ClNO3S2. The van der Waals surface area contributed by atoms with Crippen LogP contribution in [-0.4, -0.2) is 24.2 Å². The van der Waals surface area contributed by atoms with E-state index in [4.69, 9.17) is 16.3 Å². The molecule has 0 spiro atoms. The number of hydrogen-bond donors (Lipinski definition) is 1. The quantitative estimate of drug-likeness (QED) is 0.687. The third-order valence-electron chi connectivity index (χ3n) is 3.10. The first-order chi connectivity index (χ1) is 11.6. The molecule has 0 unspecified atom stereocenters. The lowest BCUT2D eigenvalue weighted by atomic mass is 10.1. The molecule has 1 aromatic carbocycles. The first kappa shape index (κ1) is 18.8. The molecule has 0 aliphatic heterocycles. The van der Waals surface area contributed by atoms with Gasteiger partial charge in [0.2, 0.25) is 0 Å². The summed E-state index contributed by atoms with van der Waals surface area (Å²) < 4.78 is 5.70. The van der Waals surface area contributed by atoms with Crippen LogP contribution < -0.4 is 5.32 Å². The SMILES string of the molecule is CCc1ccc(NC(=O)COC(=O)CSCc2ccc(Cl)s2)cc1. The molecule has 0 atom stereocenters. The van der Waals surface area contributed by atoms with Crippen LogP contribution in [0.25, 0.3) is 0 Å². The number of thiophene rings is 1. The number of hydrogen-bond acceptors (Lipinski definition) is 5. The van der Waals surface area contributed by atoms with E-state index in [1.54, 1.807) is 0 Å². The Morgan fingerprint density at radius 3 is 2.58 bits per heavy atom. The lowest BCUT2D eigenvalue weighted by Crippen LogP contribution is -2.21. The average molecular weight is 384 g/mol. The summed E-state index contributed by atoms with van der Waals surface area (Å²) in [7, 11) is 0. The summed E-state index contributed by atoms with van der Waals surface area (Å²) in [5.74, 6) is 0.151. The van der Waals surface area contributed by atoms with E-state index >= 15 is 0 Å². The molecular weight excluding hydrogens is 366 g/mol. The highest BCUT2D eigenvalue weighted by atomic mass is 35.5. The van der Waals surface area contributed by atoms with Crippen LogP contribution in [0.1, 0.15) is 17.4 Å². The Labute approximate surface area is 154 Å². The van der Waals surface area contributed by atoms with Crippen LogP contribution in [0, 0.1) is 0 Å². The van der Waals surface area contributed by atoms with Crippen molar-refractivity contribution in [2.24, 2.45) is 0 Å². The van der Waals surface area contributed by atoms with Crippen molar-refractivity contribution in [3.8, 4) is 0 Å². The number of halogens is 1. The van der Waals surface area contributed by atoms with Crippen molar-refractivity contribution in [2.45, 2.75) is 19.1 Å². The smallest absolute Gasteiger partial charge is 0.316 e. The third-order valence-corrected chi connectivity index (χ3v) is 5.47. The number of ether oxygens (including phenoxy) is 1. The minimum absolute atomic E-state index is 0.202. The van der Waals surface area contributed by atoms with Gasteiger partial charge < -0.3 is 10.1 Å². The lowest BCUT2D eigenvalue weighted by molar-refractivity contribution is -0.144. The monoisotopic (exact) mass is 383 g/mol. The number of esters is 1. The molecule has 7 heteroatoms. The fourth-order valence-electron chi connectivity index (χ4n) is 1.87. The van der Waals surface area contributed by atoms with Crippen LogP contribution in [0.4, 0.5) is 5.69 Å². The van der Waals surface area contributed by atoms with Crippen LogP contribution >= 0.6 is 34.7 Å². The highest BCUT2D eigenvalue weighted by molar-refractivity contribution is 7.99. The summed E-state index contributed by atoms with van der Waals surface area (Å²) in [6.45, 7) is 1.79. The zero-order chi connectivity index (χ0) is 17.4. The molecule has 1 N–H and O–H groups in total. The molecule has 0 bridgehead atoms. The van der Waals surface area contributed by atoms with Gasteiger partial charge in [-0.25, -0.2) is 0 Å². The highest BCUT2D eigenvalue weighted by Gasteiger charge is 2.09. The normalized spacial score (nSPS) is 10.4. The van der Waals surface area contributed by atoms with Crippen molar-refractivity contribution in [2.75, 3.05) is 17.7 Å². The predicted molar refractivity (Wildman–Crippen MR) is 101 cm³/mol. The zero-order valence-electron chi connectivity index (χ0n) is 13.2. The average Bonchev–Trinajstić information content (AvgIpc) is 2.99. The molecule has 128 valence electrons. The van der Waals surface area contributed by atoms with Crippen LogP contribution in [0.3, 0.4) is 0 Å². The second kappa shape index (κ2) is 9.71. The van der Waals surface area contributed by atoms with Gasteiger partial charge in [-0.15, -0.1) is 23.1 Å². The Bertz CT molecular complexity index is 685. The van der Waals surface area contributed by atoms with E-state index in [1.165, 1.54) is 28.7 Å². The van der Waals surface area contributed by atoms with Crippen molar-refractivity contribution in [3.63, 3.8) is 0 Å². The molecule has 0 aliphatic carbocycles. The maximum Gasteiger partial charge on any atom is 0.316 e. The van der Waals surface area contributed by atoms with E-state index in [0.29, 0.717) is 11.4 Å². The van der Waals surface area contributed by atoms with Gasteiger partial charge in [-0.1, -0.05) is 30.7 Å². The number of anilines is 1. The number of nitrogens with one attached hydrogen (secondary N) is 1. The minimum Gasteiger partial charge on any atom is -0.455 e. The summed E-state index contributed by atoms with van der Waals surface area (Å²) in [6.07, 6.45) is 0.946. The molecule has 1 aromatic heterocycles. The largest absolute Gasteiger partial charge is 0.455 e. The van der Waals surface area contributed by atoms with Gasteiger partial charge in [-0.2, -0.15) is 0 Å². The van der Waals surface area contributed by atoms with E-state index in [9.17, 15) is 9.59 Å². The number of thioether (sulfide) groups is 1. The first-order valence-electron chi connectivity index (χ1n) is 7.43. The molecule has 1 heterocycles. The Kier molecular flexibility index (Phi) is 7.62. The van der Waals surface area contributed by atoms with Crippen molar-refractivity contribution in [3.05, 3.63) is 51.2 Å². The fraction of sp³-hybridized carbons (Fsp3) is 0.294. The van der Waals surface area contributed by atoms with Gasteiger partial charge in [-0.3, -0.25) is 9.59 Å². The van der Waals surface area contributed by atoms with Crippen molar-refractivity contribution in [1.29, 1.82) is 0 Å². The number of carbonyl (C=O) groups is 2. The number of benzene rings is 1. The molecule has 1 amide bonds. The fourth-order valence-corrected chi connectivity index (χ4v) is 3.89. The minimum atomic E-state index is -0.404. The van der Waals surface area contributed by atoms with E-state index < -0.39 is 5.97 Å². The van der Waals surface area contributed by atoms with Crippen molar-refractivity contribution in [1.82, 2.24) is 0 Å². The van der Waals surface area contributed by atoms with Crippen molar-refractivity contribution >= 4 is 52.3 Å². The first-order valence-corrected chi connectivity index (χ1v) is 9.78. The molecule has 0 fully saturated rings. The van der Waals surface area contributed by atoms with E-state index in [0.717, 1.165) is 15.6 Å². The van der Waals surface area contributed by atoms with Gasteiger partial charge in [0.1, 0.15) is 0 Å². The summed E-state index contributed by atoms with van der Waals surface area (Å²) in [4.78, 5) is 24.5. The molecule has 2 aromatic rings. The Hall–Kier alpha value is -1.50. The summed E-state index contributed by atoms with van der Waals surface area (Å²) in [5, 5.41) is 2.70. The molecule has 0 radical (unpaired) electrons. The summed E-state index contributed by atoms with van der Waals surface area (Å²) in [5.41, 5.74) is 1.89. The Morgan fingerprint density at radius 2 is 1.96 bits per heavy atom. The zero-order valence-corrected chi connectivity index (χ0v) is 15.6. The number of carbonyl (C=O) groups excluding carboxylic acids is 2. The van der Waals surface area contributed by atoms with Gasteiger partial charge in [-0.05, 0) is 36.2 Å². The van der Waals surface area contributed by atoms with Crippen LogP contribution in [0.15, 0.2) is 36.4 Å². The van der Waals surface area contributed by atoms with Crippen molar-refractivity contribution < 1.29 is 14.3 Å². The van der Waals surface area contributed by atoms with E-state index in [-0.39, 0.29) is 18.3 Å². The van der Waals surface area contributed by atoms with Gasteiger partial charge in [0.25, 0.3) is 5.91 Å². The molecule has 24 heavy (non-hydrogen) atoms. The van der Waals surface area contributed by atoms with E-state index in [1.807, 2.05) is 36.4 Å². The van der Waals surface area contributed by atoms with Crippen LogP contribution in [0.2, 0.25) is 4.34 Å². The highest BCUT2D eigenvalue weighted by Crippen LogP contribution is 2.25. The van der Waals surface area contributed by atoms with Gasteiger partial charge in [0.15, 0.2) is 6.61 Å². The number of rotatable bonds is 8. The summed E-state index contributed by atoms with van der Waals surface area (Å²) in [6, 6.07) is 11.3. The Morgan fingerprint density at radius 1 is 1.21 bits per heavy atom. The maximum absolute atomic E-state index is 11.8. The lowest BCUT2D eigenvalue weighted by Gasteiger charge is -2.07. The molecule has 0 saturated heterocycles. The number of aryl methyl sites for hydroxylation is 1. The van der Waals surface area contributed by atoms with Gasteiger partial charge in [0.05, 0.1) is 10.1 Å². The Balaban J connectivity index is 1.64. The van der Waals surface area contributed by atoms with Crippen LogP contribution in [-0.2, 0) is 26.5 Å². The second-order valence-electron chi connectivity index (χ2n) is 4.96. The van der Waals surface area contributed by atoms with Crippen LogP contribution in [0.5, 0.6) is 0 Å². The second-order valence-corrected chi connectivity index (χ2v) is 7.74. The topological polar surface area (TPSA) is 55.4 Å². The molecule has 4 nitrogen and oxygen atoms in total. The van der Waals surface area contributed by atoms with Gasteiger partial charge >= 0.3 is 5.97 Å².